The first-order chi connectivity index (χ1) is 16.8. The minimum absolute atomic E-state index is 0.0230. The first kappa shape index (κ1) is 22.6. The van der Waals surface area contributed by atoms with E-state index in [-0.39, 0.29) is 57.7 Å². The summed E-state index contributed by atoms with van der Waals surface area (Å²) in [4.78, 5) is 39.4. The van der Waals surface area contributed by atoms with Crippen molar-refractivity contribution in [3.05, 3.63) is 87.5 Å². The molecule has 0 atom stereocenters. The molecule has 9 heteroatoms. The number of carbonyl (C=O) groups is 2. The van der Waals surface area contributed by atoms with E-state index in [1.807, 2.05) is 0 Å². The molecule has 0 saturated carbocycles. The van der Waals surface area contributed by atoms with Crippen molar-refractivity contribution in [2.75, 3.05) is 18.1 Å². The second-order valence-corrected chi connectivity index (χ2v) is 8.23. The second kappa shape index (κ2) is 8.88. The summed E-state index contributed by atoms with van der Waals surface area (Å²) < 4.78 is 31.0. The highest BCUT2D eigenvalue weighted by molar-refractivity contribution is 6.33. The van der Waals surface area contributed by atoms with E-state index in [0.717, 1.165) is 0 Å². The lowest BCUT2D eigenvalue weighted by Gasteiger charge is -2.28. The van der Waals surface area contributed by atoms with E-state index in [1.165, 1.54) is 48.2 Å². The molecule has 0 fully saturated rings. The predicted molar refractivity (Wildman–Crippen MR) is 128 cm³/mol. The Labute approximate surface area is 203 Å². The molecule has 1 amide bonds. The molecule has 0 N–H and O–H groups in total. The number of esters is 1. The Hall–Kier alpha value is -4.17. The Balaban J connectivity index is 1.43. The Bertz CT molecular complexity index is 1540. The van der Waals surface area contributed by atoms with Crippen LogP contribution in [0.2, 0.25) is 5.02 Å². The molecule has 0 saturated heterocycles. The van der Waals surface area contributed by atoms with Crippen molar-refractivity contribution in [2.24, 2.45) is 0 Å². The topological polar surface area (TPSA) is 86.1 Å². The Kier molecular flexibility index (Phi) is 5.74. The number of para-hydroxylation sites is 2. The smallest absolute Gasteiger partial charge is 0.331 e. The molecule has 0 radical (unpaired) electrons. The number of hydrogen-bond acceptors (Lipinski definition) is 6. The summed E-state index contributed by atoms with van der Waals surface area (Å²) in [5, 5.41) is 0.256. The highest BCUT2D eigenvalue weighted by atomic mass is 35.5. The zero-order valence-corrected chi connectivity index (χ0v) is 19.1. The first-order valence-corrected chi connectivity index (χ1v) is 11.0. The van der Waals surface area contributed by atoms with Gasteiger partial charge in [-0.25, -0.2) is 9.18 Å². The average Bonchev–Trinajstić information content (AvgIpc) is 2.82. The number of amides is 1. The molecule has 5 rings (SSSR count). The van der Waals surface area contributed by atoms with Crippen LogP contribution in [0.4, 0.5) is 10.1 Å². The minimum atomic E-state index is -0.691. The van der Waals surface area contributed by atoms with Gasteiger partial charge in [0.15, 0.2) is 6.61 Å². The van der Waals surface area contributed by atoms with Gasteiger partial charge in [0.05, 0.1) is 21.7 Å². The van der Waals surface area contributed by atoms with E-state index in [4.69, 9.17) is 25.5 Å². The summed E-state index contributed by atoms with van der Waals surface area (Å²) in [6, 6.07) is 15.3. The number of rotatable bonds is 4. The summed E-state index contributed by atoms with van der Waals surface area (Å²) in [5.41, 5.74) is 0.147. The summed E-state index contributed by atoms with van der Waals surface area (Å²) >= 11 is 6.15. The predicted octanol–water partition coefficient (Wildman–Crippen LogP) is 4.89. The highest BCUT2D eigenvalue weighted by Crippen LogP contribution is 2.33. The molecule has 176 valence electrons. The quantitative estimate of drug-likeness (QED) is 0.297. The van der Waals surface area contributed by atoms with Crippen molar-refractivity contribution in [1.82, 2.24) is 0 Å². The molecule has 7 nitrogen and oxygen atoms in total. The zero-order valence-electron chi connectivity index (χ0n) is 18.3. The minimum Gasteiger partial charge on any atom is -0.482 e. The number of carbonyl (C=O) groups excluding carboxylic acids is 2. The van der Waals surface area contributed by atoms with Gasteiger partial charge >= 0.3 is 5.97 Å². The van der Waals surface area contributed by atoms with Gasteiger partial charge in [-0.05, 0) is 43.3 Å². The molecule has 4 aromatic rings. The molecule has 1 aromatic heterocycles. The van der Waals surface area contributed by atoms with E-state index in [9.17, 15) is 18.8 Å². The summed E-state index contributed by atoms with van der Waals surface area (Å²) in [7, 11) is 0. The van der Waals surface area contributed by atoms with Gasteiger partial charge < -0.3 is 13.9 Å². The lowest BCUT2D eigenvalue weighted by Crippen LogP contribution is -2.43. The van der Waals surface area contributed by atoms with Crippen molar-refractivity contribution >= 4 is 40.1 Å². The average molecular weight is 494 g/mol. The van der Waals surface area contributed by atoms with E-state index < -0.39 is 17.2 Å². The normalized spacial score (nSPS) is 12.9. The monoisotopic (exact) mass is 493 g/mol. The standard InChI is InChI=1S/C26H17ClFNO6/c1-14-24(25-17(27)5-4-6-18(25)28)26(32)16-10-9-15(11-21(16)34-14)35-23(31)12-29-19-7-2-3-8-20(19)33-13-22(29)30/h2-11H,12-13H2,1H3. The van der Waals surface area contributed by atoms with Gasteiger partial charge in [0.2, 0.25) is 5.43 Å². The molecular formula is C26H17ClFNO6. The third kappa shape index (κ3) is 4.13. The van der Waals surface area contributed by atoms with Crippen LogP contribution in [-0.4, -0.2) is 25.0 Å². The third-order valence-electron chi connectivity index (χ3n) is 5.58. The number of fused-ring (bicyclic) bond motifs is 2. The van der Waals surface area contributed by atoms with Gasteiger partial charge in [0.1, 0.15) is 35.2 Å². The molecular weight excluding hydrogens is 477 g/mol. The maximum atomic E-state index is 14.5. The molecule has 1 aliphatic heterocycles. The van der Waals surface area contributed by atoms with Crippen molar-refractivity contribution in [2.45, 2.75) is 6.92 Å². The summed E-state index contributed by atoms with van der Waals surface area (Å²) in [6.07, 6.45) is 0. The summed E-state index contributed by atoms with van der Waals surface area (Å²) in [5.74, 6) is -0.932. The highest BCUT2D eigenvalue weighted by Gasteiger charge is 2.28. The second-order valence-electron chi connectivity index (χ2n) is 7.83. The van der Waals surface area contributed by atoms with Crippen molar-refractivity contribution < 1.29 is 27.9 Å². The lowest BCUT2D eigenvalue weighted by atomic mass is 10.0. The molecule has 3 aromatic carbocycles. The van der Waals surface area contributed by atoms with Crippen LogP contribution in [0.5, 0.6) is 11.5 Å². The van der Waals surface area contributed by atoms with Crippen LogP contribution in [0.15, 0.2) is 69.9 Å². The number of hydrogen-bond donors (Lipinski definition) is 0. The molecule has 0 aliphatic carbocycles. The van der Waals surface area contributed by atoms with Gasteiger partial charge in [-0.1, -0.05) is 29.8 Å². The van der Waals surface area contributed by atoms with Crippen LogP contribution in [0.1, 0.15) is 5.76 Å². The van der Waals surface area contributed by atoms with E-state index >= 15 is 0 Å². The molecule has 0 unspecified atom stereocenters. The maximum Gasteiger partial charge on any atom is 0.331 e. The van der Waals surface area contributed by atoms with Gasteiger partial charge in [0.25, 0.3) is 5.91 Å². The van der Waals surface area contributed by atoms with Crippen molar-refractivity contribution in [3.63, 3.8) is 0 Å². The van der Waals surface area contributed by atoms with Crippen molar-refractivity contribution in [1.29, 1.82) is 0 Å². The van der Waals surface area contributed by atoms with Crippen LogP contribution >= 0.6 is 11.6 Å². The molecule has 2 heterocycles. The van der Waals surface area contributed by atoms with Gasteiger partial charge in [-0.3, -0.25) is 14.5 Å². The molecule has 1 aliphatic rings. The largest absolute Gasteiger partial charge is 0.482 e. The van der Waals surface area contributed by atoms with Crippen LogP contribution in [0.25, 0.3) is 22.1 Å². The van der Waals surface area contributed by atoms with Crippen molar-refractivity contribution in [3.8, 4) is 22.6 Å². The Morgan fingerprint density at radius 3 is 2.69 bits per heavy atom. The molecule has 0 bridgehead atoms. The number of benzene rings is 3. The number of anilines is 1. The summed E-state index contributed by atoms with van der Waals surface area (Å²) in [6.45, 7) is 1.02. The number of halogens is 2. The maximum absolute atomic E-state index is 14.5. The Morgan fingerprint density at radius 2 is 1.89 bits per heavy atom. The third-order valence-corrected chi connectivity index (χ3v) is 5.89. The molecule has 35 heavy (non-hydrogen) atoms. The fourth-order valence-electron chi connectivity index (χ4n) is 4.00. The number of aryl methyl sites for hydroxylation is 1. The van der Waals surface area contributed by atoms with Crippen LogP contribution in [0.3, 0.4) is 0 Å². The fourth-order valence-corrected chi connectivity index (χ4v) is 4.25. The SMILES string of the molecule is Cc1oc2cc(OC(=O)CN3C(=O)COc4ccccc43)ccc2c(=O)c1-c1c(F)cccc1Cl. The van der Waals surface area contributed by atoms with Crippen LogP contribution in [0, 0.1) is 12.7 Å². The van der Waals surface area contributed by atoms with E-state index in [0.29, 0.717) is 11.4 Å². The van der Waals surface area contributed by atoms with Crippen LogP contribution in [-0.2, 0) is 9.59 Å². The first-order valence-electron chi connectivity index (χ1n) is 10.6. The zero-order chi connectivity index (χ0) is 24.7. The van der Waals surface area contributed by atoms with Crippen LogP contribution < -0.4 is 19.8 Å². The van der Waals surface area contributed by atoms with E-state index in [2.05, 4.69) is 0 Å². The Morgan fingerprint density at radius 1 is 1.09 bits per heavy atom. The lowest BCUT2D eigenvalue weighted by molar-refractivity contribution is -0.134. The number of nitrogens with zero attached hydrogens (tertiary/aromatic N) is 1. The van der Waals surface area contributed by atoms with E-state index in [1.54, 1.807) is 24.3 Å². The van der Waals surface area contributed by atoms with Gasteiger partial charge in [-0.15, -0.1) is 0 Å². The fraction of sp³-hybridized carbons (Fsp3) is 0.115. The number of ether oxygens (including phenoxy) is 2. The van der Waals surface area contributed by atoms with Gasteiger partial charge in [-0.2, -0.15) is 0 Å². The van der Waals surface area contributed by atoms with Gasteiger partial charge in [0, 0.05) is 11.6 Å². The molecule has 0 spiro atoms.